The van der Waals surface area contributed by atoms with Gasteiger partial charge in [0.05, 0.1) is 13.2 Å². The van der Waals surface area contributed by atoms with E-state index in [2.05, 4.69) is 15.4 Å². The number of hydrogen-bond acceptors (Lipinski definition) is 5. The Hall–Kier alpha value is -1.87. The van der Waals surface area contributed by atoms with Crippen LogP contribution in [0.1, 0.15) is 0 Å². The minimum absolute atomic E-state index is 0.128. The van der Waals surface area contributed by atoms with E-state index in [-0.39, 0.29) is 26.3 Å². The van der Waals surface area contributed by atoms with Crippen LogP contribution in [-0.4, -0.2) is 62.5 Å². The molecule has 0 aromatic rings. The van der Waals surface area contributed by atoms with Crippen molar-refractivity contribution in [1.82, 2.24) is 10.6 Å². The summed E-state index contributed by atoms with van der Waals surface area (Å²) in [7, 11) is 1.23. The molecule has 0 bridgehead atoms. The van der Waals surface area contributed by atoms with E-state index in [0.29, 0.717) is 0 Å². The zero-order valence-corrected chi connectivity index (χ0v) is 9.97. The third-order valence-electron chi connectivity index (χ3n) is 1.78. The van der Waals surface area contributed by atoms with Gasteiger partial charge in [-0.1, -0.05) is 0 Å². The van der Waals surface area contributed by atoms with E-state index < -0.39 is 24.0 Å². The molecule has 3 amide bonds. The minimum Gasteiger partial charge on any atom is -0.479 e. The molecule has 5 N–H and O–H groups in total. The summed E-state index contributed by atoms with van der Waals surface area (Å²) in [6.45, 7) is -0.0687. The Kier molecular flexibility index (Phi) is 8.24. The minimum atomic E-state index is -1.16. The monoisotopic (exact) mass is 263 g/mol. The highest BCUT2D eigenvalue weighted by atomic mass is 16.5. The van der Waals surface area contributed by atoms with Crippen molar-refractivity contribution in [3.05, 3.63) is 0 Å². The number of carboxylic acid groups (broad SMARTS) is 1. The molecule has 9 heteroatoms. The fraction of sp³-hybridized carbons (Fsp3) is 0.667. The average Bonchev–Trinajstić information content (AvgIpc) is 2.28. The number of aliphatic carboxylic acids is 1. The number of ether oxygens (including phenoxy) is 2. The first kappa shape index (κ1) is 16.1. The second-order valence-electron chi connectivity index (χ2n) is 3.22. The zero-order valence-electron chi connectivity index (χ0n) is 9.97. The number of urea groups is 1. The lowest BCUT2D eigenvalue weighted by atomic mass is 10.3. The van der Waals surface area contributed by atoms with Crippen LogP contribution >= 0.6 is 0 Å². The van der Waals surface area contributed by atoms with Gasteiger partial charge in [-0.3, -0.25) is 4.79 Å². The van der Waals surface area contributed by atoms with Gasteiger partial charge in [0.25, 0.3) is 0 Å². The highest BCUT2D eigenvalue weighted by Gasteiger charge is 2.16. The first-order valence-corrected chi connectivity index (χ1v) is 5.10. The van der Waals surface area contributed by atoms with Gasteiger partial charge in [-0.2, -0.15) is 0 Å². The number of methoxy groups -OCH3 is 1. The Morgan fingerprint density at radius 3 is 2.50 bits per heavy atom. The van der Waals surface area contributed by atoms with Crippen molar-refractivity contribution < 1.29 is 29.0 Å². The lowest BCUT2D eigenvalue weighted by Crippen LogP contribution is -2.43. The molecule has 0 fully saturated rings. The van der Waals surface area contributed by atoms with E-state index in [9.17, 15) is 14.4 Å². The van der Waals surface area contributed by atoms with Crippen LogP contribution in [0.15, 0.2) is 0 Å². The van der Waals surface area contributed by atoms with Crippen LogP contribution < -0.4 is 16.4 Å². The van der Waals surface area contributed by atoms with Crippen molar-refractivity contribution in [2.75, 3.05) is 33.4 Å². The summed E-state index contributed by atoms with van der Waals surface area (Å²) in [5.41, 5.74) is 4.83. The third-order valence-corrected chi connectivity index (χ3v) is 1.78. The van der Waals surface area contributed by atoms with Crippen LogP contribution in [0.2, 0.25) is 0 Å². The maximum atomic E-state index is 11.2. The van der Waals surface area contributed by atoms with Gasteiger partial charge >= 0.3 is 12.0 Å². The van der Waals surface area contributed by atoms with Crippen LogP contribution in [-0.2, 0) is 19.1 Å². The topological polar surface area (TPSA) is 140 Å². The van der Waals surface area contributed by atoms with Crippen molar-refractivity contribution >= 4 is 17.9 Å². The average molecular weight is 263 g/mol. The molecule has 0 saturated heterocycles. The molecule has 0 heterocycles. The number of hydrogen-bond donors (Lipinski definition) is 4. The number of amides is 3. The second kappa shape index (κ2) is 9.19. The SMILES string of the molecule is COC(CNC(=O)NCCOCC(N)=O)C(=O)O. The summed E-state index contributed by atoms with van der Waals surface area (Å²) in [5.74, 6) is -1.76. The number of rotatable bonds is 9. The van der Waals surface area contributed by atoms with Crippen molar-refractivity contribution in [2.24, 2.45) is 5.73 Å². The van der Waals surface area contributed by atoms with E-state index in [4.69, 9.17) is 15.6 Å². The molecule has 0 rings (SSSR count). The highest BCUT2D eigenvalue weighted by Crippen LogP contribution is 1.87. The molecule has 104 valence electrons. The van der Waals surface area contributed by atoms with Gasteiger partial charge in [0.15, 0.2) is 6.10 Å². The van der Waals surface area contributed by atoms with Gasteiger partial charge in [0.2, 0.25) is 5.91 Å². The Morgan fingerprint density at radius 2 is 2.00 bits per heavy atom. The van der Waals surface area contributed by atoms with E-state index in [0.717, 1.165) is 0 Å². The van der Waals surface area contributed by atoms with Crippen molar-refractivity contribution in [3.8, 4) is 0 Å². The van der Waals surface area contributed by atoms with Crippen LogP contribution in [0.3, 0.4) is 0 Å². The van der Waals surface area contributed by atoms with E-state index in [1.807, 2.05) is 0 Å². The van der Waals surface area contributed by atoms with Gasteiger partial charge in [0.1, 0.15) is 6.61 Å². The Labute approximate surface area is 104 Å². The molecule has 0 spiro atoms. The first-order chi connectivity index (χ1) is 8.47. The molecule has 0 aliphatic heterocycles. The molecule has 0 aliphatic carbocycles. The largest absolute Gasteiger partial charge is 0.479 e. The normalized spacial score (nSPS) is 11.6. The Balaban J connectivity index is 3.59. The van der Waals surface area contributed by atoms with Gasteiger partial charge in [0, 0.05) is 13.7 Å². The summed E-state index contributed by atoms with van der Waals surface area (Å²) in [4.78, 5) is 32.0. The lowest BCUT2D eigenvalue weighted by Gasteiger charge is -2.12. The molecule has 0 saturated carbocycles. The standard InChI is InChI=1S/C9H17N3O6/c1-17-6(8(14)15)4-12-9(16)11-2-3-18-5-7(10)13/h6H,2-5H2,1H3,(H2,10,13)(H,14,15)(H2,11,12,16). The first-order valence-electron chi connectivity index (χ1n) is 5.10. The van der Waals surface area contributed by atoms with E-state index >= 15 is 0 Å². The number of nitrogens with one attached hydrogen (secondary N) is 2. The molecule has 0 aliphatic rings. The molecule has 18 heavy (non-hydrogen) atoms. The maximum absolute atomic E-state index is 11.2. The predicted octanol–water partition coefficient (Wildman–Crippen LogP) is -2.11. The smallest absolute Gasteiger partial charge is 0.334 e. The molecular weight excluding hydrogens is 246 g/mol. The van der Waals surface area contributed by atoms with Crippen molar-refractivity contribution in [2.45, 2.75) is 6.10 Å². The quantitative estimate of drug-likeness (QED) is 0.351. The number of carbonyl (C=O) groups excluding carboxylic acids is 2. The molecular formula is C9H17N3O6. The van der Waals surface area contributed by atoms with Crippen LogP contribution in [0.4, 0.5) is 4.79 Å². The van der Waals surface area contributed by atoms with Crippen molar-refractivity contribution in [3.63, 3.8) is 0 Å². The number of nitrogens with two attached hydrogens (primary N) is 1. The Bertz CT molecular complexity index is 296. The van der Waals surface area contributed by atoms with Crippen molar-refractivity contribution in [1.29, 1.82) is 0 Å². The molecule has 0 radical (unpaired) electrons. The number of primary amides is 1. The number of carboxylic acids is 1. The molecule has 1 unspecified atom stereocenters. The van der Waals surface area contributed by atoms with Gasteiger partial charge in [-0.05, 0) is 0 Å². The maximum Gasteiger partial charge on any atom is 0.334 e. The second-order valence-corrected chi connectivity index (χ2v) is 3.22. The predicted molar refractivity (Wildman–Crippen MR) is 59.8 cm³/mol. The Morgan fingerprint density at radius 1 is 1.33 bits per heavy atom. The summed E-state index contributed by atoms with van der Waals surface area (Å²) < 4.78 is 9.41. The van der Waals surface area contributed by atoms with Gasteiger partial charge in [-0.15, -0.1) is 0 Å². The lowest BCUT2D eigenvalue weighted by molar-refractivity contribution is -0.148. The molecule has 9 nitrogen and oxygen atoms in total. The van der Waals surface area contributed by atoms with E-state index in [1.54, 1.807) is 0 Å². The fourth-order valence-electron chi connectivity index (χ4n) is 0.929. The van der Waals surface area contributed by atoms with Crippen LogP contribution in [0.5, 0.6) is 0 Å². The molecule has 0 aromatic carbocycles. The summed E-state index contributed by atoms with van der Waals surface area (Å²) in [6.07, 6.45) is -1.10. The van der Waals surface area contributed by atoms with Crippen LogP contribution in [0, 0.1) is 0 Å². The third kappa shape index (κ3) is 8.30. The van der Waals surface area contributed by atoms with Gasteiger partial charge < -0.3 is 30.9 Å². The highest BCUT2D eigenvalue weighted by molar-refractivity contribution is 5.76. The molecule has 1 atom stereocenters. The van der Waals surface area contributed by atoms with Crippen LogP contribution in [0.25, 0.3) is 0 Å². The molecule has 0 aromatic heterocycles. The fourth-order valence-corrected chi connectivity index (χ4v) is 0.929. The number of carbonyl (C=O) groups is 3. The van der Waals surface area contributed by atoms with Gasteiger partial charge in [-0.25, -0.2) is 9.59 Å². The summed E-state index contributed by atoms with van der Waals surface area (Å²) in [6, 6.07) is -0.555. The van der Waals surface area contributed by atoms with E-state index in [1.165, 1.54) is 7.11 Å². The summed E-state index contributed by atoms with van der Waals surface area (Å²) >= 11 is 0. The zero-order chi connectivity index (χ0) is 14.0. The summed E-state index contributed by atoms with van der Waals surface area (Å²) in [5, 5.41) is 13.3.